The van der Waals surface area contributed by atoms with Crippen LogP contribution in [-0.4, -0.2) is 20.4 Å². The van der Waals surface area contributed by atoms with Gasteiger partial charge in [-0.25, -0.2) is 8.42 Å². The van der Waals surface area contributed by atoms with Crippen LogP contribution < -0.4 is 10.0 Å². The van der Waals surface area contributed by atoms with Gasteiger partial charge in [-0.3, -0.25) is 9.52 Å². The van der Waals surface area contributed by atoms with Crippen LogP contribution in [0.4, 0.5) is 5.69 Å². The molecule has 1 unspecified atom stereocenters. The minimum absolute atomic E-state index is 0.00682. The number of benzene rings is 2. The molecule has 1 atom stereocenters. The number of carbonyl (C=O) groups is 1. The van der Waals surface area contributed by atoms with Crippen LogP contribution in [0.25, 0.3) is 0 Å². The van der Waals surface area contributed by atoms with Crippen molar-refractivity contribution in [1.82, 2.24) is 5.32 Å². The molecule has 0 heterocycles. The summed E-state index contributed by atoms with van der Waals surface area (Å²) in [5.41, 5.74) is 1.56. The van der Waals surface area contributed by atoms with Crippen LogP contribution in [-0.2, 0) is 10.0 Å². The van der Waals surface area contributed by atoms with Crippen molar-refractivity contribution < 1.29 is 13.2 Å². The predicted molar refractivity (Wildman–Crippen MR) is 103 cm³/mol. The number of carbonyl (C=O) groups excluding carboxylic acids is 1. The molecule has 0 radical (unpaired) electrons. The highest BCUT2D eigenvalue weighted by Gasteiger charge is 2.29. The molecule has 5 nitrogen and oxygen atoms in total. The van der Waals surface area contributed by atoms with E-state index in [1.165, 1.54) is 18.2 Å². The summed E-state index contributed by atoms with van der Waals surface area (Å²) in [6.07, 6.45) is 2.20. The van der Waals surface area contributed by atoms with E-state index in [1.54, 1.807) is 18.2 Å². The molecule has 2 aromatic rings. The van der Waals surface area contributed by atoms with Gasteiger partial charge in [-0.05, 0) is 68.5 Å². The Kier molecular flexibility index (Phi) is 5.25. The third-order valence-electron chi connectivity index (χ3n) is 4.45. The average Bonchev–Trinajstić information content (AvgIpc) is 3.39. The Morgan fingerprint density at radius 2 is 1.92 bits per heavy atom. The van der Waals surface area contributed by atoms with Gasteiger partial charge >= 0.3 is 0 Å². The molecule has 0 saturated heterocycles. The summed E-state index contributed by atoms with van der Waals surface area (Å²) in [7, 11) is -3.82. The van der Waals surface area contributed by atoms with E-state index >= 15 is 0 Å². The van der Waals surface area contributed by atoms with Gasteiger partial charge in [0.25, 0.3) is 15.9 Å². The van der Waals surface area contributed by atoms with Crippen molar-refractivity contribution >= 4 is 33.2 Å². The Labute approximate surface area is 158 Å². The normalized spacial score (nSPS) is 15.3. The molecule has 138 valence electrons. The first-order valence-electron chi connectivity index (χ1n) is 8.46. The van der Waals surface area contributed by atoms with Crippen molar-refractivity contribution in [2.75, 3.05) is 4.72 Å². The molecule has 3 rings (SSSR count). The second-order valence-corrected chi connectivity index (χ2v) is 8.81. The van der Waals surface area contributed by atoms with E-state index in [1.807, 2.05) is 19.9 Å². The van der Waals surface area contributed by atoms with E-state index in [-0.39, 0.29) is 27.4 Å². The number of halogens is 1. The summed E-state index contributed by atoms with van der Waals surface area (Å²) in [6.45, 7) is 3.83. The highest BCUT2D eigenvalue weighted by molar-refractivity contribution is 7.92. The number of amides is 1. The van der Waals surface area contributed by atoms with Crippen molar-refractivity contribution in [2.24, 2.45) is 5.92 Å². The first-order chi connectivity index (χ1) is 12.3. The van der Waals surface area contributed by atoms with Crippen molar-refractivity contribution in [2.45, 2.75) is 37.6 Å². The molecule has 26 heavy (non-hydrogen) atoms. The minimum atomic E-state index is -3.82. The van der Waals surface area contributed by atoms with Crippen LogP contribution in [0.2, 0.25) is 5.02 Å². The van der Waals surface area contributed by atoms with Gasteiger partial charge in [0.15, 0.2) is 0 Å². The summed E-state index contributed by atoms with van der Waals surface area (Å²) in [5.74, 6) is 0.134. The van der Waals surface area contributed by atoms with Crippen molar-refractivity contribution in [3.8, 4) is 0 Å². The Morgan fingerprint density at radius 3 is 2.58 bits per heavy atom. The molecule has 0 bridgehead atoms. The first kappa shape index (κ1) is 18.7. The van der Waals surface area contributed by atoms with Gasteiger partial charge in [0.2, 0.25) is 0 Å². The summed E-state index contributed by atoms with van der Waals surface area (Å²) >= 11 is 6.12. The Bertz CT molecular complexity index is 940. The molecular weight excluding hydrogens is 372 g/mol. The lowest BCUT2D eigenvalue weighted by atomic mass is 10.1. The predicted octanol–water partition coefficient (Wildman–Crippen LogP) is 3.98. The molecule has 1 aliphatic rings. The number of sulfonamides is 1. The molecule has 2 N–H and O–H groups in total. The Morgan fingerprint density at radius 1 is 1.19 bits per heavy atom. The fraction of sp³-hybridized carbons (Fsp3) is 0.316. The Balaban J connectivity index is 1.84. The number of nitrogens with one attached hydrogen (secondary N) is 2. The fourth-order valence-electron chi connectivity index (χ4n) is 2.77. The van der Waals surface area contributed by atoms with Crippen molar-refractivity contribution in [3.63, 3.8) is 0 Å². The van der Waals surface area contributed by atoms with Gasteiger partial charge in [-0.2, -0.15) is 0 Å². The molecule has 2 aromatic carbocycles. The maximum Gasteiger partial charge on any atom is 0.261 e. The lowest BCUT2D eigenvalue weighted by molar-refractivity contribution is 0.0936. The number of aryl methyl sites for hydroxylation is 1. The van der Waals surface area contributed by atoms with Gasteiger partial charge < -0.3 is 5.32 Å². The molecule has 1 fully saturated rings. The highest BCUT2D eigenvalue weighted by atomic mass is 35.5. The van der Waals surface area contributed by atoms with Gasteiger partial charge in [0, 0.05) is 11.7 Å². The van der Waals surface area contributed by atoms with Crippen LogP contribution in [0.1, 0.15) is 35.7 Å². The molecule has 1 amide bonds. The first-order valence-corrected chi connectivity index (χ1v) is 10.3. The summed E-state index contributed by atoms with van der Waals surface area (Å²) in [5, 5.41) is 3.12. The monoisotopic (exact) mass is 392 g/mol. The largest absolute Gasteiger partial charge is 0.349 e. The van der Waals surface area contributed by atoms with Crippen LogP contribution in [0.5, 0.6) is 0 Å². The highest BCUT2D eigenvalue weighted by Crippen LogP contribution is 2.32. The zero-order valence-electron chi connectivity index (χ0n) is 14.6. The van der Waals surface area contributed by atoms with Crippen molar-refractivity contribution in [1.29, 1.82) is 0 Å². The number of hydrogen-bond donors (Lipinski definition) is 2. The zero-order chi connectivity index (χ0) is 18.9. The third-order valence-corrected chi connectivity index (χ3v) is 6.16. The van der Waals surface area contributed by atoms with Gasteiger partial charge in [-0.15, -0.1) is 0 Å². The van der Waals surface area contributed by atoms with Gasteiger partial charge in [0.05, 0.1) is 15.5 Å². The standard InChI is InChI=1S/C19H21ClN2O3S/c1-12-4-3-5-15(10-12)22-26(24,25)16-8-9-18(20)17(11-16)19(23)21-13(2)14-6-7-14/h3-5,8-11,13-14,22H,6-7H2,1-2H3,(H,21,23). The molecule has 1 aliphatic carbocycles. The lowest BCUT2D eigenvalue weighted by Gasteiger charge is -2.15. The minimum Gasteiger partial charge on any atom is -0.349 e. The second kappa shape index (κ2) is 7.29. The van der Waals surface area contributed by atoms with Crippen LogP contribution >= 0.6 is 11.6 Å². The van der Waals surface area contributed by atoms with Crippen LogP contribution in [0.3, 0.4) is 0 Å². The van der Waals surface area contributed by atoms with E-state index in [2.05, 4.69) is 10.0 Å². The fourth-order valence-corrected chi connectivity index (χ4v) is 4.05. The zero-order valence-corrected chi connectivity index (χ0v) is 16.2. The molecule has 1 saturated carbocycles. The maximum absolute atomic E-state index is 12.7. The summed E-state index contributed by atoms with van der Waals surface area (Å²) in [6, 6.07) is 11.2. The lowest BCUT2D eigenvalue weighted by Crippen LogP contribution is -2.34. The number of rotatable bonds is 6. The Hall–Kier alpha value is -2.05. The smallest absolute Gasteiger partial charge is 0.261 e. The molecule has 7 heteroatoms. The van der Waals surface area contributed by atoms with Crippen LogP contribution in [0.15, 0.2) is 47.4 Å². The van der Waals surface area contributed by atoms with Gasteiger partial charge in [-0.1, -0.05) is 23.7 Å². The van der Waals surface area contributed by atoms with Gasteiger partial charge in [0.1, 0.15) is 0 Å². The molecule has 0 aromatic heterocycles. The summed E-state index contributed by atoms with van der Waals surface area (Å²) < 4.78 is 27.8. The molecular formula is C19H21ClN2O3S. The second-order valence-electron chi connectivity index (χ2n) is 6.72. The topological polar surface area (TPSA) is 75.3 Å². The maximum atomic E-state index is 12.7. The van der Waals surface area contributed by atoms with E-state index in [9.17, 15) is 13.2 Å². The molecule has 0 spiro atoms. The average molecular weight is 393 g/mol. The third kappa shape index (κ3) is 4.37. The van der Waals surface area contributed by atoms with E-state index in [0.29, 0.717) is 11.6 Å². The summed E-state index contributed by atoms with van der Waals surface area (Å²) in [4.78, 5) is 12.5. The van der Waals surface area contributed by atoms with E-state index in [0.717, 1.165) is 18.4 Å². The molecule has 0 aliphatic heterocycles. The quantitative estimate of drug-likeness (QED) is 0.780. The van der Waals surface area contributed by atoms with Crippen LogP contribution in [0, 0.1) is 12.8 Å². The SMILES string of the molecule is Cc1cccc(NS(=O)(=O)c2ccc(Cl)c(C(=O)NC(C)C3CC3)c2)c1. The van der Waals surface area contributed by atoms with E-state index < -0.39 is 10.0 Å². The van der Waals surface area contributed by atoms with Crippen molar-refractivity contribution in [3.05, 3.63) is 58.6 Å². The number of hydrogen-bond acceptors (Lipinski definition) is 3. The number of anilines is 1. The van der Waals surface area contributed by atoms with E-state index in [4.69, 9.17) is 11.6 Å².